The van der Waals surface area contributed by atoms with Crippen molar-refractivity contribution >= 4 is 23.4 Å². The third-order valence-electron chi connectivity index (χ3n) is 4.42. The summed E-state index contributed by atoms with van der Waals surface area (Å²) >= 11 is 1.24. The number of aryl methyl sites for hydroxylation is 2. The summed E-state index contributed by atoms with van der Waals surface area (Å²) in [7, 11) is 1.59. The molecule has 0 N–H and O–H groups in total. The third-order valence-corrected chi connectivity index (χ3v) is 5.33. The molecule has 1 aromatic heterocycles. The zero-order valence-corrected chi connectivity index (χ0v) is 17.9. The SMILES string of the molecule is COc1ccc(C)cc1-n1nnnc1SCC(=O)N(CCC#N)c1ccc(C)cc1. The number of carbonyl (C=O) groups excluding carboxylic acids is 1. The molecule has 0 aliphatic rings. The molecule has 2 aromatic carbocycles. The first-order chi connectivity index (χ1) is 14.5. The number of aromatic nitrogens is 4. The van der Waals surface area contributed by atoms with E-state index in [1.54, 1.807) is 16.7 Å². The molecule has 8 nitrogen and oxygen atoms in total. The summed E-state index contributed by atoms with van der Waals surface area (Å²) in [5, 5.41) is 21.3. The summed E-state index contributed by atoms with van der Waals surface area (Å²) in [5.74, 6) is 0.648. The minimum atomic E-state index is -0.120. The van der Waals surface area contributed by atoms with Crippen molar-refractivity contribution in [3.63, 3.8) is 0 Å². The maximum absolute atomic E-state index is 12.9. The number of thioether (sulfide) groups is 1. The largest absolute Gasteiger partial charge is 0.494 e. The molecule has 1 amide bonds. The number of carbonyl (C=O) groups is 1. The summed E-state index contributed by atoms with van der Waals surface area (Å²) < 4.78 is 6.99. The van der Waals surface area contributed by atoms with Gasteiger partial charge in [0.1, 0.15) is 11.4 Å². The van der Waals surface area contributed by atoms with Crippen LogP contribution in [0.3, 0.4) is 0 Å². The average Bonchev–Trinajstić information content (AvgIpc) is 3.22. The van der Waals surface area contributed by atoms with Crippen molar-refractivity contribution < 1.29 is 9.53 Å². The number of ether oxygens (including phenoxy) is 1. The van der Waals surface area contributed by atoms with Crippen LogP contribution in [0.2, 0.25) is 0 Å². The summed E-state index contributed by atoms with van der Waals surface area (Å²) in [6.45, 7) is 4.29. The van der Waals surface area contributed by atoms with Gasteiger partial charge in [0.2, 0.25) is 11.1 Å². The zero-order valence-electron chi connectivity index (χ0n) is 17.1. The minimum Gasteiger partial charge on any atom is -0.494 e. The number of hydrogen-bond donors (Lipinski definition) is 0. The monoisotopic (exact) mass is 422 g/mol. The Morgan fingerprint density at radius 2 is 1.93 bits per heavy atom. The number of tetrazole rings is 1. The Balaban J connectivity index is 1.79. The zero-order chi connectivity index (χ0) is 21.5. The van der Waals surface area contributed by atoms with Crippen molar-refractivity contribution in [2.45, 2.75) is 25.4 Å². The van der Waals surface area contributed by atoms with E-state index in [0.717, 1.165) is 16.8 Å². The van der Waals surface area contributed by atoms with Gasteiger partial charge in [-0.15, -0.1) is 5.10 Å². The molecule has 3 rings (SSSR count). The summed E-state index contributed by atoms with van der Waals surface area (Å²) in [4.78, 5) is 14.6. The number of methoxy groups -OCH3 is 1. The van der Waals surface area contributed by atoms with Crippen molar-refractivity contribution in [1.82, 2.24) is 20.2 Å². The number of amides is 1. The number of nitriles is 1. The highest BCUT2D eigenvalue weighted by Gasteiger charge is 2.19. The molecular formula is C21H22N6O2S. The first-order valence-electron chi connectivity index (χ1n) is 9.33. The lowest BCUT2D eigenvalue weighted by Crippen LogP contribution is -2.33. The Hall–Kier alpha value is -3.38. The second-order valence-corrected chi connectivity index (χ2v) is 7.57. The van der Waals surface area contributed by atoms with E-state index in [0.29, 0.717) is 23.1 Å². The second-order valence-electron chi connectivity index (χ2n) is 6.63. The predicted molar refractivity (Wildman–Crippen MR) is 115 cm³/mol. The molecule has 0 aliphatic heterocycles. The lowest BCUT2D eigenvalue weighted by atomic mass is 10.2. The van der Waals surface area contributed by atoms with Crippen LogP contribution in [-0.2, 0) is 4.79 Å². The molecule has 0 bridgehead atoms. The predicted octanol–water partition coefficient (Wildman–Crippen LogP) is 3.33. The number of hydrogen-bond acceptors (Lipinski definition) is 7. The van der Waals surface area contributed by atoms with E-state index in [2.05, 4.69) is 21.6 Å². The number of benzene rings is 2. The Kier molecular flexibility index (Phi) is 7.03. The minimum absolute atomic E-state index is 0.120. The van der Waals surface area contributed by atoms with E-state index < -0.39 is 0 Å². The topological polar surface area (TPSA) is 96.9 Å². The standard InChI is InChI=1S/C21H22N6O2S/c1-15-5-8-17(9-6-15)26(12-4-11-22)20(28)14-30-21-23-24-25-27(21)18-13-16(2)7-10-19(18)29-3/h5-10,13H,4,12,14H2,1-3H3. The lowest BCUT2D eigenvalue weighted by molar-refractivity contribution is -0.116. The van der Waals surface area contributed by atoms with E-state index in [9.17, 15) is 4.79 Å². The van der Waals surface area contributed by atoms with E-state index in [1.807, 2.05) is 56.3 Å². The number of anilines is 1. The van der Waals surface area contributed by atoms with Gasteiger partial charge in [0.05, 0.1) is 25.4 Å². The average molecular weight is 423 g/mol. The molecule has 0 radical (unpaired) electrons. The molecule has 0 fully saturated rings. The molecule has 3 aromatic rings. The highest BCUT2D eigenvalue weighted by atomic mass is 32.2. The van der Waals surface area contributed by atoms with Crippen LogP contribution in [0.4, 0.5) is 5.69 Å². The molecule has 9 heteroatoms. The summed E-state index contributed by atoms with van der Waals surface area (Å²) in [5.41, 5.74) is 3.61. The normalized spacial score (nSPS) is 10.5. The molecule has 0 saturated heterocycles. The number of rotatable bonds is 8. The Labute approximate surface area is 179 Å². The van der Waals surface area contributed by atoms with Crippen molar-refractivity contribution in [2.24, 2.45) is 0 Å². The van der Waals surface area contributed by atoms with Gasteiger partial charge in [-0.25, -0.2) is 0 Å². The van der Waals surface area contributed by atoms with Gasteiger partial charge >= 0.3 is 0 Å². The molecule has 0 atom stereocenters. The first kappa shape index (κ1) is 21.3. The Morgan fingerprint density at radius 3 is 2.63 bits per heavy atom. The van der Waals surface area contributed by atoms with Gasteiger partial charge < -0.3 is 9.64 Å². The maximum Gasteiger partial charge on any atom is 0.237 e. The van der Waals surface area contributed by atoms with Crippen molar-refractivity contribution in [2.75, 3.05) is 24.3 Å². The molecule has 1 heterocycles. The fourth-order valence-corrected chi connectivity index (χ4v) is 3.63. The Bertz CT molecular complexity index is 1060. The van der Waals surface area contributed by atoms with Gasteiger partial charge in [0, 0.05) is 12.2 Å². The van der Waals surface area contributed by atoms with Crippen molar-refractivity contribution in [3.8, 4) is 17.5 Å². The molecule has 0 saturated carbocycles. The second kappa shape index (κ2) is 9.89. The van der Waals surface area contributed by atoms with Gasteiger partial charge in [-0.05, 0) is 54.1 Å². The van der Waals surface area contributed by atoms with Gasteiger partial charge in [0.15, 0.2) is 0 Å². The molecule has 0 spiro atoms. The smallest absolute Gasteiger partial charge is 0.237 e. The van der Waals surface area contributed by atoms with Gasteiger partial charge in [-0.2, -0.15) is 9.94 Å². The number of nitrogens with zero attached hydrogens (tertiary/aromatic N) is 6. The van der Waals surface area contributed by atoms with Crippen LogP contribution in [0.1, 0.15) is 17.5 Å². The van der Waals surface area contributed by atoms with Crippen LogP contribution in [0.15, 0.2) is 47.6 Å². The van der Waals surface area contributed by atoms with Crippen LogP contribution in [-0.4, -0.2) is 45.5 Å². The van der Waals surface area contributed by atoms with E-state index in [1.165, 1.54) is 11.8 Å². The van der Waals surface area contributed by atoms with E-state index >= 15 is 0 Å². The van der Waals surface area contributed by atoms with Gasteiger partial charge in [-0.3, -0.25) is 4.79 Å². The van der Waals surface area contributed by atoms with Crippen LogP contribution in [0.5, 0.6) is 5.75 Å². The van der Waals surface area contributed by atoms with Crippen molar-refractivity contribution in [1.29, 1.82) is 5.26 Å². The quantitative estimate of drug-likeness (QED) is 0.514. The van der Waals surface area contributed by atoms with Crippen molar-refractivity contribution in [3.05, 3.63) is 53.6 Å². The first-order valence-corrected chi connectivity index (χ1v) is 10.3. The van der Waals surface area contributed by atoms with Crippen LogP contribution < -0.4 is 9.64 Å². The highest BCUT2D eigenvalue weighted by molar-refractivity contribution is 7.99. The summed E-state index contributed by atoms with van der Waals surface area (Å²) in [6, 6.07) is 15.5. The maximum atomic E-state index is 12.9. The molecule has 30 heavy (non-hydrogen) atoms. The van der Waals surface area contributed by atoms with Crippen LogP contribution in [0, 0.1) is 25.2 Å². The highest BCUT2D eigenvalue weighted by Crippen LogP contribution is 2.27. The molecule has 0 unspecified atom stereocenters. The van der Waals surface area contributed by atoms with E-state index in [-0.39, 0.29) is 18.1 Å². The fourth-order valence-electron chi connectivity index (χ4n) is 2.87. The molecule has 154 valence electrons. The summed E-state index contributed by atoms with van der Waals surface area (Å²) in [6.07, 6.45) is 0.252. The van der Waals surface area contributed by atoms with Gasteiger partial charge in [0.25, 0.3) is 0 Å². The lowest BCUT2D eigenvalue weighted by Gasteiger charge is -2.21. The third kappa shape index (κ3) is 4.96. The van der Waals surface area contributed by atoms with Gasteiger partial charge in [-0.1, -0.05) is 35.5 Å². The van der Waals surface area contributed by atoms with Crippen LogP contribution >= 0.6 is 11.8 Å². The molecular weight excluding hydrogens is 400 g/mol. The molecule has 0 aliphatic carbocycles. The Morgan fingerprint density at radius 1 is 1.20 bits per heavy atom. The fraction of sp³-hybridized carbons (Fsp3) is 0.286. The van der Waals surface area contributed by atoms with Crippen LogP contribution in [0.25, 0.3) is 5.69 Å². The van der Waals surface area contributed by atoms with E-state index in [4.69, 9.17) is 10.00 Å².